The van der Waals surface area contributed by atoms with Crippen LogP contribution in [0, 0.1) is 0 Å². The van der Waals surface area contributed by atoms with Crippen LogP contribution in [0.3, 0.4) is 0 Å². The van der Waals surface area contributed by atoms with E-state index in [4.69, 9.17) is 17.3 Å². The Labute approximate surface area is 81.8 Å². The van der Waals surface area contributed by atoms with Crippen molar-refractivity contribution in [3.63, 3.8) is 0 Å². The molecular weight excluding hydrogens is 190 g/mol. The van der Waals surface area contributed by atoms with Crippen LogP contribution in [0.15, 0.2) is 18.2 Å². The zero-order chi connectivity index (χ0) is 10.0. The summed E-state index contributed by atoms with van der Waals surface area (Å²) >= 11 is 5.61. The molecule has 0 saturated heterocycles. The van der Waals surface area contributed by atoms with Crippen molar-refractivity contribution in [2.45, 2.75) is 19.1 Å². The Bertz CT molecular complexity index is 302. The van der Waals surface area contributed by atoms with E-state index in [1.807, 2.05) is 0 Å². The third kappa shape index (κ3) is 2.34. The third-order valence-corrected chi connectivity index (χ3v) is 2.19. The molecule has 0 unspecified atom stereocenters. The molecule has 0 heterocycles. The summed E-state index contributed by atoms with van der Waals surface area (Å²) < 4.78 is 0. The maximum absolute atomic E-state index is 9.26. The van der Waals surface area contributed by atoms with Crippen molar-refractivity contribution in [1.29, 1.82) is 0 Å². The van der Waals surface area contributed by atoms with E-state index in [1.165, 1.54) is 6.07 Å². The van der Waals surface area contributed by atoms with Crippen molar-refractivity contribution in [2.75, 3.05) is 0 Å². The molecule has 0 spiro atoms. The molecule has 72 valence electrons. The molecule has 13 heavy (non-hydrogen) atoms. The number of halogens is 1. The summed E-state index contributed by atoms with van der Waals surface area (Å²) in [4.78, 5) is 0. The van der Waals surface area contributed by atoms with Crippen molar-refractivity contribution in [3.05, 3.63) is 28.8 Å². The summed E-state index contributed by atoms with van der Waals surface area (Å²) in [7, 11) is 0. The predicted octanol–water partition coefficient (Wildman–Crippen LogP) is 1.43. The van der Waals surface area contributed by atoms with Gasteiger partial charge in [0.25, 0.3) is 0 Å². The highest BCUT2D eigenvalue weighted by molar-refractivity contribution is 6.32. The lowest BCUT2D eigenvalue weighted by atomic mass is 10.0. The molecule has 0 saturated carbocycles. The van der Waals surface area contributed by atoms with Crippen LogP contribution in [0.2, 0.25) is 5.02 Å². The summed E-state index contributed by atoms with van der Waals surface area (Å²) in [6.07, 6.45) is -0.652. The average Bonchev–Trinajstić information content (AvgIpc) is 2.08. The third-order valence-electron chi connectivity index (χ3n) is 1.87. The minimum absolute atomic E-state index is 0.0183. The second-order valence-electron chi connectivity index (χ2n) is 2.98. The Morgan fingerprint density at radius 3 is 2.54 bits per heavy atom. The Kier molecular flexibility index (Phi) is 3.14. The molecule has 0 fully saturated rings. The van der Waals surface area contributed by atoms with Gasteiger partial charge in [-0.1, -0.05) is 17.7 Å². The first-order valence-corrected chi connectivity index (χ1v) is 4.32. The monoisotopic (exact) mass is 201 g/mol. The number of hydrogen-bond donors (Lipinski definition) is 3. The van der Waals surface area contributed by atoms with Crippen molar-refractivity contribution < 1.29 is 10.2 Å². The van der Waals surface area contributed by atoms with E-state index in [9.17, 15) is 10.2 Å². The summed E-state index contributed by atoms with van der Waals surface area (Å²) in [5.74, 6) is -0.0183. The van der Waals surface area contributed by atoms with Crippen LogP contribution in [0.4, 0.5) is 0 Å². The first-order valence-electron chi connectivity index (χ1n) is 3.94. The molecule has 3 nitrogen and oxygen atoms in total. The van der Waals surface area contributed by atoms with Crippen LogP contribution >= 0.6 is 11.6 Å². The van der Waals surface area contributed by atoms with Crippen LogP contribution in [0.5, 0.6) is 5.75 Å². The van der Waals surface area contributed by atoms with Gasteiger partial charge in [-0.3, -0.25) is 0 Å². The van der Waals surface area contributed by atoms with Crippen LogP contribution in [0.25, 0.3) is 0 Å². The van der Waals surface area contributed by atoms with Gasteiger partial charge < -0.3 is 15.9 Å². The molecule has 4 N–H and O–H groups in total. The highest BCUT2D eigenvalue weighted by Gasteiger charge is 2.12. The number of phenols is 1. The van der Waals surface area contributed by atoms with Crippen LogP contribution < -0.4 is 5.73 Å². The van der Waals surface area contributed by atoms with Gasteiger partial charge in [-0.2, -0.15) is 0 Å². The van der Waals surface area contributed by atoms with Crippen molar-refractivity contribution in [2.24, 2.45) is 5.73 Å². The molecule has 0 radical (unpaired) electrons. The number of rotatable bonds is 2. The molecule has 0 bridgehead atoms. The van der Waals surface area contributed by atoms with E-state index >= 15 is 0 Å². The number of benzene rings is 1. The van der Waals surface area contributed by atoms with Gasteiger partial charge in [-0.05, 0) is 24.6 Å². The number of aromatic hydroxyl groups is 1. The lowest BCUT2D eigenvalue weighted by Crippen LogP contribution is -2.22. The summed E-state index contributed by atoms with van der Waals surface area (Å²) in [5.41, 5.74) is 6.32. The van der Waals surface area contributed by atoms with Gasteiger partial charge in [0.2, 0.25) is 0 Å². The number of nitrogens with two attached hydrogens (primary N) is 1. The zero-order valence-electron chi connectivity index (χ0n) is 7.24. The predicted molar refractivity (Wildman–Crippen MR) is 51.7 cm³/mol. The molecule has 0 aliphatic carbocycles. The Morgan fingerprint density at radius 1 is 1.46 bits per heavy atom. The first-order chi connectivity index (χ1) is 6.02. The lowest BCUT2D eigenvalue weighted by Gasteiger charge is -2.15. The van der Waals surface area contributed by atoms with E-state index in [2.05, 4.69) is 0 Å². The molecule has 1 aromatic rings. The first kappa shape index (κ1) is 10.3. The van der Waals surface area contributed by atoms with Gasteiger partial charge in [0, 0.05) is 0 Å². The standard InChI is InChI=1S/C9H12ClNO2/c1-5(12)9(11)6-2-3-7(10)8(13)4-6/h2-5,9,12-13H,11H2,1H3/t5-,9+/m1/s1. The van der Waals surface area contributed by atoms with Crippen molar-refractivity contribution in [3.8, 4) is 5.75 Å². The highest BCUT2D eigenvalue weighted by atomic mass is 35.5. The molecule has 0 aliphatic heterocycles. The normalized spacial score (nSPS) is 15.4. The second kappa shape index (κ2) is 3.96. The number of hydrogen-bond acceptors (Lipinski definition) is 3. The van der Waals surface area contributed by atoms with Crippen molar-refractivity contribution >= 4 is 11.6 Å². The van der Waals surface area contributed by atoms with Gasteiger partial charge in [0.1, 0.15) is 5.75 Å². The van der Waals surface area contributed by atoms with E-state index in [-0.39, 0.29) is 10.8 Å². The van der Waals surface area contributed by atoms with E-state index in [0.717, 1.165) is 0 Å². The van der Waals surface area contributed by atoms with Crippen LogP contribution in [0.1, 0.15) is 18.5 Å². The summed E-state index contributed by atoms with van der Waals surface area (Å²) in [6.45, 7) is 1.59. The molecule has 0 aliphatic rings. The zero-order valence-corrected chi connectivity index (χ0v) is 7.99. The van der Waals surface area contributed by atoms with Crippen LogP contribution in [-0.2, 0) is 0 Å². The number of aliphatic hydroxyl groups excluding tert-OH is 1. The summed E-state index contributed by atoms with van der Waals surface area (Å²) in [6, 6.07) is 4.19. The highest BCUT2D eigenvalue weighted by Crippen LogP contribution is 2.26. The molecule has 0 aromatic heterocycles. The minimum Gasteiger partial charge on any atom is -0.506 e. The van der Waals surface area contributed by atoms with Gasteiger partial charge in [0.05, 0.1) is 17.2 Å². The fraction of sp³-hybridized carbons (Fsp3) is 0.333. The number of aliphatic hydroxyl groups is 1. The molecular formula is C9H12ClNO2. The average molecular weight is 202 g/mol. The topological polar surface area (TPSA) is 66.5 Å². The summed E-state index contributed by atoms with van der Waals surface area (Å²) in [5, 5.41) is 18.7. The smallest absolute Gasteiger partial charge is 0.134 e. The lowest BCUT2D eigenvalue weighted by molar-refractivity contribution is 0.164. The molecule has 1 rings (SSSR count). The maximum Gasteiger partial charge on any atom is 0.134 e. The molecule has 1 aromatic carbocycles. The van der Waals surface area contributed by atoms with Gasteiger partial charge in [-0.25, -0.2) is 0 Å². The van der Waals surface area contributed by atoms with E-state index in [0.29, 0.717) is 5.56 Å². The fourth-order valence-corrected chi connectivity index (χ4v) is 1.13. The Hall–Kier alpha value is -0.770. The van der Waals surface area contributed by atoms with E-state index < -0.39 is 12.1 Å². The maximum atomic E-state index is 9.26. The Balaban J connectivity index is 2.97. The van der Waals surface area contributed by atoms with Crippen LogP contribution in [-0.4, -0.2) is 16.3 Å². The minimum atomic E-state index is -0.652. The van der Waals surface area contributed by atoms with E-state index in [1.54, 1.807) is 19.1 Å². The Morgan fingerprint density at radius 2 is 2.08 bits per heavy atom. The quantitative estimate of drug-likeness (QED) is 0.678. The largest absolute Gasteiger partial charge is 0.506 e. The second-order valence-corrected chi connectivity index (χ2v) is 3.38. The van der Waals surface area contributed by atoms with Gasteiger partial charge >= 0.3 is 0 Å². The number of phenolic OH excluding ortho intramolecular Hbond substituents is 1. The SMILES string of the molecule is C[C@@H](O)[C@H](N)c1ccc(Cl)c(O)c1. The molecule has 0 amide bonds. The molecule has 2 atom stereocenters. The van der Waals surface area contributed by atoms with Gasteiger partial charge in [0.15, 0.2) is 0 Å². The van der Waals surface area contributed by atoms with Gasteiger partial charge in [-0.15, -0.1) is 0 Å². The molecule has 4 heteroatoms. The van der Waals surface area contributed by atoms with Crippen molar-refractivity contribution in [1.82, 2.24) is 0 Å². The fourth-order valence-electron chi connectivity index (χ4n) is 1.02.